The van der Waals surface area contributed by atoms with Gasteiger partial charge in [0, 0.05) is 21.9 Å². The molecule has 0 saturated carbocycles. The normalized spacial score (nSPS) is 13.5. The van der Waals surface area contributed by atoms with Gasteiger partial charge in [0.25, 0.3) is 0 Å². The van der Waals surface area contributed by atoms with Gasteiger partial charge in [-0.05, 0) is 37.3 Å². The Balaban J connectivity index is 1.64. The highest BCUT2D eigenvalue weighted by atomic mass is 79.9. The first-order chi connectivity index (χ1) is 10.6. The number of rotatable bonds is 4. The lowest BCUT2D eigenvalue weighted by atomic mass is 10.2. The van der Waals surface area contributed by atoms with Crippen molar-refractivity contribution < 1.29 is 14.3 Å². The number of amides is 1. The van der Waals surface area contributed by atoms with Crippen LogP contribution >= 0.6 is 15.9 Å². The van der Waals surface area contributed by atoms with Crippen LogP contribution < -0.4 is 20.1 Å². The Morgan fingerprint density at radius 2 is 1.95 bits per heavy atom. The molecule has 6 heteroatoms. The molecule has 2 aromatic rings. The Labute approximate surface area is 136 Å². The number of anilines is 2. The molecule has 114 valence electrons. The van der Waals surface area contributed by atoms with Gasteiger partial charge >= 0.3 is 0 Å². The minimum Gasteiger partial charge on any atom is -0.454 e. The van der Waals surface area contributed by atoms with Crippen molar-refractivity contribution in [1.82, 2.24) is 0 Å². The number of ether oxygens (including phenoxy) is 2. The number of fused-ring (bicyclic) bond motifs is 1. The van der Waals surface area contributed by atoms with Gasteiger partial charge in [0.15, 0.2) is 11.5 Å². The van der Waals surface area contributed by atoms with Crippen LogP contribution in [0.2, 0.25) is 0 Å². The fraction of sp³-hybridized carbons (Fsp3) is 0.188. The molecular weight excluding hydrogens is 348 g/mol. The van der Waals surface area contributed by atoms with Crippen molar-refractivity contribution in [1.29, 1.82) is 0 Å². The van der Waals surface area contributed by atoms with Crippen molar-refractivity contribution in [3.8, 4) is 11.5 Å². The first kappa shape index (κ1) is 14.7. The van der Waals surface area contributed by atoms with E-state index in [2.05, 4.69) is 26.6 Å². The number of hydrogen-bond donors (Lipinski definition) is 2. The van der Waals surface area contributed by atoms with E-state index in [4.69, 9.17) is 9.47 Å². The molecule has 0 aromatic heterocycles. The third kappa shape index (κ3) is 3.33. The summed E-state index contributed by atoms with van der Waals surface area (Å²) in [6, 6.07) is 12.6. The number of carbonyl (C=O) groups excluding carboxylic acids is 1. The van der Waals surface area contributed by atoms with E-state index in [-0.39, 0.29) is 18.7 Å². The standard InChI is InChI=1S/C16H15BrN2O3/c1-10(18-12-4-2-3-11(17)7-12)16(20)19-13-5-6-14-15(8-13)22-9-21-14/h2-8,10,18H,9H2,1H3,(H,19,20)/t10-/m0/s1. The molecule has 1 atom stereocenters. The fourth-order valence-corrected chi connectivity index (χ4v) is 2.52. The first-order valence-electron chi connectivity index (χ1n) is 6.84. The molecular formula is C16H15BrN2O3. The van der Waals surface area contributed by atoms with Crippen molar-refractivity contribution >= 4 is 33.2 Å². The van der Waals surface area contributed by atoms with Gasteiger partial charge in [0.05, 0.1) is 0 Å². The lowest BCUT2D eigenvalue weighted by Crippen LogP contribution is -2.31. The van der Waals surface area contributed by atoms with E-state index in [9.17, 15) is 4.79 Å². The summed E-state index contributed by atoms with van der Waals surface area (Å²) in [5, 5.41) is 6.01. The highest BCUT2D eigenvalue weighted by Crippen LogP contribution is 2.34. The monoisotopic (exact) mass is 362 g/mol. The summed E-state index contributed by atoms with van der Waals surface area (Å²) in [6.07, 6.45) is 0. The van der Waals surface area contributed by atoms with Crippen LogP contribution in [-0.2, 0) is 4.79 Å². The third-order valence-corrected chi connectivity index (χ3v) is 3.73. The molecule has 1 amide bonds. The Morgan fingerprint density at radius 3 is 2.77 bits per heavy atom. The van der Waals surface area contributed by atoms with Gasteiger partial charge in [-0.15, -0.1) is 0 Å². The molecule has 0 radical (unpaired) electrons. The molecule has 1 aliphatic rings. The van der Waals surface area contributed by atoms with E-state index in [1.165, 1.54) is 0 Å². The Bertz CT molecular complexity index is 706. The molecule has 2 N–H and O–H groups in total. The Morgan fingerprint density at radius 1 is 1.14 bits per heavy atom. The first-order valence-corrected chi connectivity index (χ1v) is 7.64. The van der Waals surface area contributed by atoms with Crippen LogP contribution in [0, 0.1) is 0 Å². The maximum absolute atomic E-state index is 12.2. The largest absolute Gasteiger partial charge is 0.454 e. The fourth-order valence-electron chi connectivity index (χ4n) is 2.12. The number of carbonyl (C=O) groups is 1. The molecule has 1 heterocycles. The summed E-state index contributed by atoms with van der Waals surface area (Å²) in [4.78, 5) is 12.2. The minimum absolute atomic E-state index is 0.126. The zero-order valence-electron chi connectivity index (χ0n) is 11.9. The number of halogens is 1. The van der Waals surface area contributed by atoms with Gasteiger partial charge in [-0.25, -0.2) is 0 Å². The van der Waals surface area contributed by atoms with E-state index in [0.29, 0.717) is 17.2 Å². The van der Waals surface area contributed by atoms with Gasteiger partial charge in [0.2, 0.25) is 12.7 Å². The second-order valence-corrected chi connectivity index (χ2v) is 5.85. The van der Waals surface area contributed by atoms with Gasteiger partial charge in [-0.1, -0.05) is 22.0 Å². The van der Waals surface area contributed by atoms with Gasteiger partial charge in [0.1, 0.15) is 6.04 Å². The smallest absolute Gasteiger partial charge is 0.246 e. The summed E-state index contributed by atoms with van der Waals surface area (Å²) < 4.78 is 11.5. The SMILES string of the molecule is C[C@H](Nc1cccc(Br)c1)C(=O)Nc1ccc2c(c1)OCO2. The molecule has 0 fully saturated rings. The molecule has 5 nitrogen and oxygen atoms in total. The van der Waals surface area contributed by atoms with Crippen LogP contribution in [0.25, 0.3) is 0 Å². The van der Waals surface area contributed by atoms with Crippen LogP contribution in [0.3, 0.4) is 0 Å². The summed E-state index contributed by atoms with van der Waals surface area (Å²) in [6.45, 7) is 2.02. The Hall–Kier alpha value is -2.21. The zero-order valence-corrected chi connectivity index (χ0v) is 13.5. The molecule has 22 heavy (non-hydrogen) atoms. The van der Waals surface area contributed by atoms with E-state index in [1.807, 2.05) is 31.2 Å². The molecule has 2 aromatic carbocycles. The van der Waals surface area contributed by atoms with Gasteiger partial charge in [-0.3, -0.25) is 4.79 Å². The second-order valence-electron chi connectivity index (χ2n) is 4.93. The van der Waals surface area contributed by atoms with E-state index in [1.54, 1.807) is 18.2 Å². The van der Waals surface area contributed by atoms with E-state index >= 15 is 0 Å². The average Bonchev–Trinajstić information content (AvgIpc) is 2.94. The maximum atomic E-state index is 12.2. The summed E-state index contributed by atoms with van der Waals surface area (Å²) in [7, 11) is 0. The maximum Gasteiger partial charge on any atom is 0.246 e. The van der Waals surface area contributed by atoms with E-state index < -0.39 is 0 Å². The van der Waals surface area contributed by atoms with Crippen molar-refractivity contribution in [2.24, 2.45) is 0 Å². The number of nitrogens with one attached hydrogen (secondary N) is 2. The topological polar surface area (TPSA) is 59.6 Å². The Kier molecular flexibility index (Phi) is 4.20. The number of benzene rings is 2. The van der Waals surface area contributed by atoms with Gasteiger partial charge < -0.3 is 20.1 Å². The second kappa shape index (κ2) is 6.27. The highest BCUT2D eigenvalue weighted by Gasteiger charge is 2.16. The quantitative estimate of drug-likeness (QED) is 0.871. The minimum atomic E-state index is -0.375. The molecule has 1 aliphatic heterocycles. The van der Waals surface area contributed by atoms with Crippen molar-refractivity contribution in [2.75, 3.05) is 17.4 Å². The predicted octanol–water partition coefficient (Wildman–Crippen LogP) is 3.62. The van der Waals surface area contributed by atoms with E-state index in [0.717, 1.165) is 10.2 Å². The third-order valence-electron chi connectivity index (χ3n) is 3.24. The van der Waals surface area contributed by atoms with Crippen LogP contribution in [0.15, 0.2) is 46.9 Å². The van der Waals surface area contributed by atoms with Crippen molar-refractivity contribution in [3.05, 3.63) is 46.9 Å². The molecule has 0 saturated heterocycles. The van der Waals surface area contributed by atoms with Crippen LogP contribution in [0.4, 0.5) is 11.4 Å². The molecule has 0 bridgehead atoms. The molecule has 3 rings (SSSR count). The lowest BCUT2D eigenvalue weighted by Gasteiger charge is -2.15. The van der Waals surface area contributed by atoms with Crippen LogP contribution in [-0.4, -0.2) is 18.7 Å². The number of hydrogen-bond acceptors (Lipinski definition) is 4. The summed E-state index contributed by atoms with van der Waals surface area (Å²) in [5.74, 6) is 1.21. The van der Waals surface area contributed by atoms with Crippen molar-refractivity contribution in [2.45, 2.75) is 13.0 Å². The molecule has 0 spiro atoms. The van der Waals surface area contributed by atoms with Crippen molar-refractivity contribution in [3.63, 3.8) is 0 Å². The molecule has 0 unspecified atom stereocenters. The highest BCUT2D eigenvalue weighted by molar-refractivity contribution is 9.10. The average molecular weight is 363 g/mol. The summed E-state index contributed by atoms with van der Waals surface area (Å²) in [5.41, 5.74) is 1.56. The van der Waals surface area contributed by atoms with Gasteiger partial charge in [-0.2, -0.15) is 0 Å². The molecule has 0 aliphatic carbocycles. The zero-order chi connectivity index (χ0) is 15.5. The summed E-state index contributed by atoms with van der Waals surface area (Å²) >= 11 is 3.41. The van der Waals surface area contributed by atoms with Crippen LogP contribution in [0.5, 0.6) is 11.5 Å². The van der Waals surface area contributed by atoms with Crippen LogP contribution in [0.1, 0.15) is 6.92 Å². The predicted molar refractivity (Wildman–Crippen MR) is 88.4 cm³/mol. The lowest BCUT2D eigenvalue weighted by molar-refractivity contribution is -0.116.